The molecule has 8 heteroatoms. The maximum Gasteiger partial charge on any atom is 0.311 e. The van der Waals surface area contributed by atoms with Gasteiger partial charge < -0.3 is 15.2 Å². The zero-order valence-electron chi connectivity index (χ0n) is 11.8. The number of carboxylic acids is 1. The fourth-order valence-corrected chi connectivity index (χ4v) is 4.73. The number of aliphatic carboxylic acids is 1. The number of hydrogen-bond acceptors (Lipinski definition) is 5. The maximum atomic E-state index is 11.9. The summed E-state index contributed by atoms with van der Waals surface area (Å²) in [6, 6.07) is 0. The molecule has 21 heavy (non-hydrogen) atoms. The van der Waals surface area contributed by atoms with Gasteiger partial charge in [0.1, 0.15) is 0 Å². The summed E-state index contributed by atoms with van der Waals surface area (Å²) in [6.45, 7) is 0.829. The van der Waals surface area contributed by atoms with Crippen LogP contribution >= 0.6 is 0 Å². The quantitative estimate of drug-likeness (QED) is 0.727. The van der Waals surface area contributed by atoms with Crippen LogP contribution in [-0.2, 0) is 24.2 Å². The first kappa shape index (κ1) is 16.2. The lowest BCUT2D eigenvalue weighted by molar-refractivity contribution is -0.154. The molecule has 2 aliphatic rings. The van der Waals surface area contributed by atoms with Crippen LogP contribution in [0, 0.1) is 11.3 Å². The second kappa shape index (κ2) is 6.31. The van der Waals surface area contributed by atoms with Crippen LogP contribution in [0.1, 0.15) is 25.7 Å². The number of ether oxygens (including phenoxy) is 1. The molecule has 0 saturated carbocycles. The Morgan fingerprint density at radius 3 is 2.48 bits per heavy atom. The predicted octanol–water partition coefficient (Wildman–Crippen LogP) is -0.191. The number of carbonyl (C=O) groups excluding carboxylic acids is 1. The molecule has 120 valence electrons. The molecule has 2 rings (SSSR count). The minimum absolute atomic E-state index is 0.0539. The summed E-state index contributed by atoms with van der Waals surface area (Å²) >= 11 is 0. The van der Waals surface area contributed by atoms with E-state index in [1.54, 1.807) is 0 Å². The Bertz CT molecular complexity index is 509. The molecule has 2 heterocycles. The van der Waals surface area contributed by atoms with E-state index in [1.165, 1.54) is 0 Å². The summed E-state index contributed by atoms with van der Waals surface area (Å²) in [6.07, 6.45) is 1.40. The van der Waals surface area contributed by atoms with Crippen molar-refractivity contribution in [1.82, 2.24) is 5.32 Å². The summed E-state index contributed by atoms with van der Waals surface area (Å²) in [7, 11) is -2.99. The number of sulfone groups is 1. The van der Waals surface area contributed by atoms with Crippen molar-refractivity contribution in [2.45, 2.75) is 25.7 Å². The number of carbonyl (C=O) groups is 2. The monoisotopic (exact) mass is 319 g/mol. The lowest BCUT2D eigenvalue weighted by atomic mass is 9.80. The van der Waals surface area contributed by atoms with Gasteiger partial charge in [-0.05, 0) is 25.2 Å². The Morgan fingerprint density at radius 2 is 1.95 bits per heavy atom. The van der Waals surface area contributed by atoms with Crippen LogP contribution in [0.3, 0.4) is 0 Å². The zero-order chi connectivity index (χ0) is 15.5. The topological polar surface area (TPSA) is 110 Å². The first-order valence-electron chi connectivity index (χ1n) is 7.11. The normalized spacial score (nSPS) is 27.1. The van der Waals surface area contributed by atoms with Crippen molar-refractivity contribution in [2.24, 2.45) is 11.3 Å². The smallest absolute Gasteiger partial charge is 0.311 e. The molecule has 1 amide bonds. The third-order valence-corrected chi connectivity index (χ3v) is 6.17. The molecule has 7 nitrogen and oxygen atoms in total. The third kappa shape index (κ3) is 4.16. The van der Waals surface area contributed by atoms with Crippen molar-refractivity contribution in [3.8, 4) is 0 Å². The van der Waals surface area contributed by atoms with Crippen LogP contribution in [0.4, 0.5) is 0 Å². The molecule has 0 aromatic heterocycles. The summed E-state index contributed by atoms with van der Waals surface area (Å²) in [5.74, 6) is -1.15. The Balaban J connectivity index is 1.84. The molecular weight excluding hydrogens is 298 g/mol. The molecule has 0 aromatic carbocycles. The molecule has 1 unspecified atom stereocenters. The number of nitrogens with one attached hydrogen (secondary N) is 1. The first-order chi connectivity index (χ1) is 9.83. The van der Waals surface area contributed by atoms with Crippen LogP contribution < -0.4 is 5.32 Å². The lowest BCUT2D eigenvalue weighted by Gasteiger charge is -2.33. The van der Waals surface area contributed by atoms with E-state index in [-0.39, 0.29) is 36.3 Å². The van der Waals surface area contributed by atoms with Crippen molar-refractivity contribution in [3.63, 3.8) is 0 Å². The van der Waals surface area contributed by atoms with Gasteiger partial charge in [-0.25, -0.2) is 8.42 Å². The molecule has 0 bridgehead atoms. The molecule has 0 aromatic rings. The molecule has 0 aliphatic carbocycles. The van der Waals surface area contributed by atoms with Gasteiger partial charge in [-0.15, -0.1) is 0 Å². The average molecular weight is 319 g/mol. The van der Waals surface area contributed by atoms with Crippen LogP contribution in [0.15, 0.2) is 0 Å². The standard InChI is InChI=1S/C13H21NO6S/c15-11(7-10-1-6-21(18,19)8-10)14-9-13(12(16)17)2-4-20-5-3-13/h10H,1-9H2,(H,14,15)(H,16,17). The highest BCUT2D eigenvalue weighted by Gasteiger charge is 2.40. The minimum Gasteiger partial charge on any atom is -0.481 e. The Kier molecular flexibility index (Phi) is 4.88. The number of hydrogen-bond donors (Lipinski definition) is 2. The second-order valence-corrected chi connectivity index (χ2v) is 8.18. The van der Waals surface area contributed by atoms with Crippen LogP contribution in [0.25, 0.3) is 0 Å². The molecule has 2 aliphatic heterocycles. The highest BCUT2D eigenvalue weighted by Crippen LogP contribution is 2.30. The van der Waals surface area contributed by atoms with E-state index < -0.39 is 21.2 Å². The van der Waals surface area contributed by atoms with Crippen LogP contribution in [0.5, 0.6) is 0 Å². The number of rotatable bonds is 5. The number of amides is 1. The molecule has 2 N–H and O–H groups in total. The second-order valence-electron chi connectivity index (χ2n) is 5.95. The van der Waals surface area contributed by atoms with E-state index in [0.29, 0.717) is 32.5 Å². The molecule has 0 spiro atoms. The Morgan fingerprint density at radius 1 is 1.29 bits per heavy atom. The summed E-state index contributed by atoms with van der Waals surface area (Å²) in [5.41, 5.74) is -0.963. The first-order valence-corrected chi connectivity index (χ1v) is 8.93. The van der Waals surface area contributed by atoms with Crippen molar-refractivity contribution in [3.05, 3.63) is 0 Å². The van der Waals surface area contributed by atoms with Crippen molar-refractivity contribution in [2.75, 3.05) is 31.3 Å². The maximum absolute atomic E-state index is 11.9. The number of carboxylic acid groups (broad SMARTS) is 1. The third-order valence-electron chi connectivity index (χ3n) is 4.33. The van der Waals surface area contributed by atoms with E-state index >= 15 is 0 Å². The van der Waals surface area contributed by atoms with Gasteiger partial charge in [0.15, 0.2) is 9.84 Å². The van der Waals surface area contributed by atoms with Gasteiger partial charge >= 0.3 is 5.97 Å². The van der Waals surface area contributed by atoms with E-state index in [2.05, 4.69) is 5.32 Å². The fourth-order valence-electron chi connectivity index (χ4n) is 2.86. The lowest BCUT2D eigenvalue weighted by Crippen LogP contribution is -2.46. The highest BCUT2D eigenvalue weighted by molar-refractivity contribution is 7.91. The van der Waals surface area contributed by atoms with Gasteiger partial charge in [0, 0.05) is 26.2 Å². The van der Waals surface area contributed by atoms with Gasteiger partial charge in [-0.1, -0.05) is 0 Å². The van der Waals surface area contributed by atoms with E-state index in [0.717, 1.165) is 0 Å². The average Bonchev–Trinajstić information content (AvgIpc) is 2.76. The van der Waals surface area contributed by atoms with Gasteiger partial charge in [0.25, 0.3) is 0 Å². The molecule has 2 saturated heterocycles. The van der Waals surface area contributed by atoms with Crippen LogP contribution in [0.2, 0.25) is 0 Å². The Labute approximate surface area is 124 Å². The van der Waals surface area contributed by atoms with Gasteiger partial charge in [-0.3, -0.25) is 9.59 Å². The summed E-state index contributed by atoms with van der Waals surface area (Å²) in [5, 5.41) is 12.0. The molecular formula is C13H21NO6S. The van der Waals surface area contributed by atoms with Crippen molar-refractivity contribution < 1.29 is 27.9 Å². The molecule has 1 atom stereocenters. The summed E-state index contributed by atoms with van der Waals surface area (Å²) < 4.78 is 27.9. The summed E-state index contributed by atoms with van der Waals surface area (Å²) in [4.78, 5) is 23.3. The fraction of sp³-hybridized carbons (Fsp3) is 0.846. The Hall–Kier alpha value is -1.15. The highest BCUT2D eigenvalue weighted by atomic mass is 32.2. The molecule has 0 radical (unpaired) electrons. The van der Waals surface area contributed by atoms with E-state index in [9.17, 15) is 23.1 Å². The van der Waals surface area contributed by atoms with Crippen LogP contribution in [-0.4, -0.2) is 56.7 Å². The SMILES string of the molecule is O=C(CC1CCS(=O)(=O)C1)NCC1(C(=O)O)CCOCC1. The van der Waals surface area contributed by atoms with Crippen molar-refractivity contribution >= 4 is 21.7 Å². The van der Waals surface area contributed by atoms with E-state index in [4.69, 9.17) is 4.74 Å². The zero-order valence-corrected chi connectivity index (χ0v) is 12.7. The van der Waals surface area contributed by atoms with Gasteiger partial charge in [0.05, 0.1) is 16.9 Å². The van der Waals surface area contributed by atoms with Gasteiger partial charge in [-0.2, -0.15) is 0 Å². The van der Waals surface area contributed by atoms with Crippen molar-refractivity contribution in [1.29, 1.82) is 0 Å². The predicted molar refractivity (Wildman–Crippen MR) is 74.5 cm³/mol. The molecule has 2 fully saturated rings. The largest absolute Gasteiger partial charge is 0.481 e. The van der Waals surface area contributed by atoms with Gasteiger partial charge in [0.2, 0.25) is 5.91 Å². The van der Waals surface area contributed by atoms with E-state index in [1.807, 2.05) is 0 Å². The minimum atomic E-state index is -2.99.